The molecule has 4 nitrogen and oxygen atoms in total. The van der Waals surface area contributed by atoms with Crippen LogP contribution in [0, 0.1) is 0 Å². The van der Waals surface area contributed by atoms with Crippen LogP contribution in [0.4, 0.5) is 5.69 Å². The van der Waals surface area contributed by atoms with E-state index in [1.165, 1.54) is 38.4 Å². The van der Waals surface area contributed by atoms with Crippen LogP contribution >= 0.6 is 0 Å². The second kappa shape index (κ2) is 7.41. The van der Waals surface area contributed by atoms with Crippen molar-refractivity contribution in [3.63, 3.8) is 0 Å². The van der Waals surface area contributed by atoms with Crippen molar-refractivity contribution >= 4 is 11.6 Å². The third-order valence-corrected chi connectivity index (χ3v) is 3.66. The zero-order chi connectivity index (χ0) is 14.4. The number of hydrogen-bond donors (Lipinski definition) is 2. The highest BCUT2D eigenvalue weighted by Crippen LogP contribution is 2.10. The minimum Gasteiger partial charge on any atom is -0.326 e. The van der Waals surface area contributed by atoms with Gasteiger partial charge in [0.25, 0.3) is 0 Å². The first-order valence-electron chi connectivity index (χ1n) is 7.46. The highest BCUT2D eigenvalue weighted by molar-refractivity contribution is 5.88. The first kappa shape index (κ1) is 15.0. The number of hydrogen-bond acceptors (Lipinski definition) is 3. The van der Waals surface area contributed by atoms with Crippen molar-refractivity contribution < 1.29 is 4.79 Å². The van der Waals surface area contributed by atoms with Crippen molar-refractivity contribution in [2.45, 2.75) is 39.3 Å². The number of likely N-dealkylation sites (tertiary alicyclic amines) is 1. The van der Waals surface area contributed by atoms with Crippen molar-refractivity contribution in [1.29, 1.82) is 0 Å². The molecule has 1 unspecified atom stereocenters. The molecule has 1 aliphatic rings. The summed E-state index contributed by atoms with van der Waals surface area (Å²) in [5, 5.41) is 6.34. The summed E-state index contributed by atoms with van der Waals surface area (Å²) in [7, 11) is 0. The monoisotopic (exact) mass is 275 g/mol. The molecule has 20 heavy (non-hydrogen) atoms. The Kier molecular flexibility index (Phi) is 5.56. The van der Waals surface area contributed by atoms with E-state index in [1.807, 2.05) is 12.1 Å². The maximum absolute atomic E-state index is 10.9. The number of anilines is 1. The van der Waals surface area contributed by atoms with Gasteiger partial charge < -0.3 is 15.5 Å². The molecule has 0 aromatic heterocycles. The van der Waals surface area contributed by atoms with Crippen LogP contribution in [-0.2, 0) is 11.3 Å². The highest BCUT2D eigenvalue weighted by atomic mass is 16.1. The van der Waals surface area contributed by atoms with Gasteiger partial charge in [-0.3, -0.25) is 4.79 Å². The number of benzene rings is 1. The molecular weight excluding hydrogens is 250 g/mol. The quantitative estimate of drug-likeness (QED) is 0.836. The molecule has 0 bridgehead atoms. The summed E-state index contributed by atoms with van der Waals surface area (Å²) in [4.78, 5) is 13.5. The fraction of sp³-hybridized carbons (Fsp3) is 0.562. The van der Waals surface area contributed by atoms with Gasteiger partial charge in [-0.15, -0.1) is 0 Å². The van der Waals surface area contributed by atoms with Gasteiger partial charge in [-0.1, -0.05) is 12.1 Å². The van der Waals surface area contributed by atoms with Crippen LogP contribution in [-0.4, -0.2) is 36.5 Å². The van der Waals surface area contributed by atoms with E-state index in [2.05, 4.69) is 34.6 Å². The van der Waals surface area contributed by atoms with Crippen molar-refractivity contribution in [2.75, 3.05) is 25.0 Å². The second-order valence-corrected chi connectivity index (χ2v) is 5.67. The van der Waals surface area contributed by atoms with Crippen LogP contribution in [0.2, 0.25) is 0 Å². The summed E-state index contributed by atoms with van der Waals surface area (Å²) in [5.74, 6) is -0.0323. The summed E-state index contributed by atoms with van der Waals surface area (Å²) in [6.07, 6.45) is 2.69. The second-order valence-electron chi connectivity index (χ2n) is 5.67. The van der Waals surface area contributed by atoms with Crippen LogP contribution in [0.1, 0.15) is 32.3 Å². The third-order valence-electron chi connectivity index (χ3n) is 3.66. The summed E-state index contributed by atoms with van der Waals surface area (Å²) in [6, 6.07) is 8.51. The van der Waals surface area contributed by atoms with Crippen molar-refractivity contribution in [3.05, 3.63) is 29.8 Å². The number of rotatable bonds is 6. The Morgan fingerprint density at radius 1 is 1.25 bits per heavy atom. The van der Waals surface area contributed by atoms with E-state index >= 15 is 0 Å². The molecule has 1 saturated heterocycles. The lowest BCUT2D eigenvalue weighted by Gasteiger charge is -2.21. The minimum atomic E-state index is -0.0323. The van der Waals surface area contributed by atoms with Crippen molar-refractivity contribution in [3.8, 4) is 0 Å². The summed E-state index contributed by atoms with van der Waals surface area (Å²) in [5.41, 5.74) is 2.10. The SMILES string of the molecule is CC(=O)Nc1ccc(CNC(C)CN2CCCC2)cc1. The average molecular weight is 275 g/mol. The molecule has 1 amide bonds. The lowest BCUT2D eigenvalue weighted by Crippen LogP contribution is -2.37. The van der Waals surface area contributed by atoms with E-state index in [1.54, 1.807) is 0 Å². The van der Waals surface area contributed by atoms with Gasteiger partial charge in [-0.2, -0.15) is 0 Å². The lowest BCUT2D eigenvalue weighted by atomic mass is 10.2. The molecule has 1 fully saturated rings. The Hall–Kier alpha value is -1.39. The van der Waals surface area contributed by atoms with Crippen LogP contribution in [0.3, 0.4) is 0 Å². The van der Waals surface area contributed by atoms with Crippen LogP contribution in [0.15, 0.2) is 24.3 Å². The van der Waals surface area contributed by atoms with Gasteiger partial charge in [0.15, 0.2) is 0 Å². The molecule has 1 aromatic carbocycles. The maximum atomic E-state index is 10.9. The van der Waals surface area contributed by atoms with E-state index in [0.29, 0.717) is 6.04 Å². The maximum Gasteiger partial charge on any atom is 0.221 e. The van der Waals surface area contributed by atoms with Gasteiger partial charge in [0.2, 0.25) is 5.91 Å². The number of amides is 1. The smallest absolute Gasteiger partial charge is 0.221 e. The molecule has 0 saturated carbocycles. The summed E-state index contributed by atoms with van der Waals surface area (Å²) >= 11 is 0. The van der Waals surface area contributed by atoms with Gasteiger partial charge in [0.05, 0.1) is 0 Å². The highest BCUT2D eigenvalue weighted by Gasteiger charge is 2.13. The number of nitrogens with zero attached hydrogens (tertiary/aromatic N) is 1. The molecule has 2 rings (SSSR count). The Morgan fingerprint density at radius 2 is 1.90 bits per heavy atom. The molecule has 0 aliphatic carbocycles. The van der Waals surface area contributed by atoms with Gasteiger partial charge in [-0.05, 0) is 50.6 Å². The molecule has 1 aliphatic heterocycles. The number of carbonyl (C=O) groups is 1. The molecule has 2 N–H and O–H groups in total. The van der Waals surface area contributed by atoms with Gasteiger partial charge in [0.1, 0.15) is 0 Å². The topological polar surface area (TPSA) is 44.4 Å². The molecule has 1 atom stereocenters. The van der Waals surface area contributed by atoms with Gasteiger partial charge >= 0.3 is 0 Å². The van der Waals surface area contributed by atoms with E-state index in [0.717, 1.165) is 18.8 Å². The fourth-order valence-corrected chi connectivity index (χ4v) is 2.62. The standard InChI is InChI=1S/C16H25N3O/c1-13(12-19-9-3-4-10-19)17-11-15-5-7-16(8-6-15)18-14(2)20/h5-8,13,17H,3-4,9-12H2,1-2H3,(H,18,20). The Morgan fingerprint density at radius 3 is 2.50 bits per heavy atom. The zero-order valence-electron chi connectivity index (χ0n) is 12.5. The first-order chi connectivity index (χ1) is 9.63. The fourth-order valence-electron chi connectivity index (χ4n) is 2.62. The van der Waals surface area contributed by atoms with Crippen LogP contribution in [0.5, 0.6) is 0 Å². The van der Waals surface area contributed by atoms with E-state index in [9.17, 15) is 4.79 Å². The van der Waals surface area contributed by atoms with E-state index < -0.39 is 0 Å². The minimum absolute atomic E-state index is 0.0323. The molecule has 1 heterocycles. The molecule has 1 aromatic rings. The molecule has 0 radical (unpaired) electrons. The summed E-state index contributed by atoms with van der Waals surface area (Å²) < 4.78 is 0. The third kappa shape index (κ3) is 4.94. The van der Waals surface area contributed by atoms with E-state index in [4.69, 9.17) is 0 Å². The molecule has 4 heteroatoms. The lowest BCUT2D eigenvalue weighted by molar-refractivity contribution is -0.114. The predicted molar refractivity (Wildman–Crippen MR) is 82.7 cm³/mol. The molecular formula is C16H25N3O. The largest absolute Gasteiger partial charge is 0.326 e. The normalized spacial score (nSPS) is 17.1. The average Bonchev–Trinajstić information content (AvgIpc) is 2.90. The zero-order valence-corrected chi connectivity index (χ0v) is 12.5. The Bertz CT molecular complexity index is 424. The number of nitrogens with one attached hydrogen (secondary N) is 2. The van der Waals surface area contributed by atoms with E-state index in [-0.39, 0.29) is 5.91 Å². The van der Waals surface area contributed by atoms with Crippen molar-refractivity contribution in [1.82, 2.24) is 10.2 Å². The molecule has 110 valence electrons. The molecule has 0 spiro atoms. The van der Waals surface area contributed by atoms with Crippen LogP contribution in [0.25, 0.3) is 0 Å². The van der Waals surface area contributed by atoms with Crippen molar-refractivity contribution in [2.24, 2.45) is 0 Å². The van der Waals surface area contributed by atoms with Crippen LogP contribution < -0.4 is 10.6 Å². The van der Waals surface area contributed by atoms with Gasteiger partial charge in [0, 0.05) is 31.7 Å². The Labute approximate surface area is 121 Å². The predicted octanol–water partition coefficient (Wildman–Crippen LogP) is 2.22. The van der Waals surface area contributed by atoms with Gasteiger partial charge in [-0.25, -0.2) is 0 Å². The number of carbonyl (C=O) groups excluding carboxylic acids is 1. The Balaban J connectivity index is 1.73. The first-order valence-corrected chi connectivity index (χ1v) is 7.46. The summed E-state index contributed by atoms with van der Waals surface area (Å²) in [6.45, 7) is 8.26.